The topological polar surface area (TPSA) is 52.3 Å². The van der Waals surface area contributed by atoms with Gasteiger partial charge in [-0.3, -0.25) is 4.40 Å². The molecule has 4 rings (SSSR count). The van der Waals surface area contributed by atoms with Crippen molar-refractivity contribution in [2.24, 2.45) is 0 Å². The summed E-state index contributed by atoms with van der Waals surface area (Å²) < 4.78 is 33.7. The Morgan fingerprint density at radius 1 is 1.00 bits per heavy atom. The molecule has 0 aliphatic heterocycles. The van der Waals surface area contributed by atoms with Gasteiger partial charge in [-0.25, -0.2) is 19.3 Å². The van der Waals surface area contributed by atoms with Crippen molar-refractivity contribution in [1.29, 1.82) is 0 Å². The van der Waals surface area contributed by atoms with Crippen molar-refractivity contribution >= 4 is 5.78 Å². The number of pyridine rings is 1. The Balaban J connectivity index is 1.58. The van der Waals surface area contributed by atoms with Gasteiger partial charge in [-0.1, -0.05) is 6.07 Å². The molecule has 3 heterocycles. The van der Waals surface area contributed by atoms with Gasteiger partial charge in [0.25, 0.3) is 0 Å². The molecule has 0 unspecified atom stereocenters. The lowest BCUT2D eigenvalue weighted by Crippen LogP contribution is -1.95. The molecule has 0 aliphatic rings. The fraction of sp³-hybridized carbons (Fsp3) is 0.0556. The molecule has 0 N–H and O–H groups in total. The highest BCUT2D eigenvalue weighted by Gasteiger charge is 2.07. The van der Waals surface area contributed by atoms with Crippen LogP contribution in [0.1, 0.15) is 5.69 Å². The normalized spacial score (nSPS) is 11.0. The summed E-state index contributed by atoms with van der Waals surface area (Å²) in [6.07, 6.45) is 6.59. The Hall–Kier alpha value is -3.35. The summed E-state index contributed by atoms with van der Waals surface area (Å²) in [5, 5.41) is 0. The Kier molecular flexibility index (Phi) is 3.81. The van der Waals surface area contributed by atoms with E-state index in [1.807, 2.05) is 0 Å². The fourth-order valence-corrected chi connectivity index (χ4v) is 2.45. The zero-order chi connectivity index (χ0) is 17.2. The third-order valence-electron chi connectivity index (χ3n) is 3.60. The van der Waals surface area contributed by atoms with Crippen molar-refractivity contribution < 1.29 is 13.5 Å². The first-order chi connectivity index (χ1) is 12.2. The molecule has 3 aromatic heterocycles. The van der Waals surface area contributed by atoms with Crippen molar-refractivity contribution in [2.75, 3.05) is 0 Å². The molecule has 1 aromatic carbocycles. The third-order valence-corrected chi connectivity index (χ3v) is 3.60. The van der Waals surface area contributed by atoms with Gasteiger partial charge in [0.1, 0.15) is 18.2 Å². The van der Waals surface area contributed by atoms with Crippen LogP contribution in [0.25, 0.3) is 16.9 Å². The lowest BCUT2D eigenvalue weighted by molar-refractivity contribution is 0.300. The van der Waals surface area contributed by atoms with Crippen molar-refractivity contribution in [1.82, 2.24) is 19.4 Å². The Morgan fingerprint density at radius 2 is 1.92 bits per heavy atom. The summed E-state index contributed by atoms with van der Waals surface area (Å²) in [5.74, 6) is 0.0184. The van der Waals surface area contributed by atoms with E-state index in [1.165, 1.54) is 24.4 Å². The van der Waals surface area contributed by atoms with Crippen LogP contribution < -0.4 is 4.74 Å². The van der Waals surface area contributed by atoms with Crippen LogP contribution in [0.15, 0.2) is 61.2 Å². The van der Waals surface area contributed by atoms with E-state index in [9.17, 15) is 8.78 Å². The molecule has 0 bridgehead atoms. The summed E-state index contributed by atoms with van der Waals surface area (Å²) >= 11 is 0. The molecule has 0 atom stereocenters. The number of rotatable bonds is 4. The maximum absolute atomic E-state index is 13.3. The van der Waals surface area contributed by atoms with E-state index < -0.39 is 5.95 Å². The average Bonchev–Trinajstić information content (AvgIpc) is 3.02. The van der Waals surface area contributed by atoms with Gasteiger partial charge in [-0.15, -0.1) is 0 Å². The summed E-state index contributed by atoms with van der Waals surface area (Å²) in [6.45, 7) is 0.187. The molecular weight excluding hydrogens is 326 g/mol. The molecule has 4 aromatic rings. The van der Waals surface area contributed by atoms with Gasteiger partial charge in [-0.2, -0.15) is 4.39 Å². The van der Waals surface area contributed by atoms with Gasteiger partial charge in [0.2, 0.25) is 11.7 Å². The zero-order valence-electron chi connectivity index (χ0n) is 12.9. The minimum atomic E-state index is -0.549. The molecule has 0 amide bonds. The Bertz CT molecular complexity index is 1050. The number of nitrogens with zero attached hydrogens (tertiary/aromatic N) is 4. The Morgan fingerprint density at radius 3 is 2.76 bits per heavy atom. The van der Waals surface area contributed by atoms with Crippen molar-refractivity contribution in [2.45, 2.75) is 6.61 Å². The van der Waals surface area contributed by atoms with Crippen LogP contribution in [0.3, 0.4) is 0 Å². The molecule has 5 nitrogen and oxygen atoms in total. The summed E-state index contributed by atoms with van der Waals surface area (Å²) in [5.41, 5.74) is 2.06. The van der Waals surface area contributed by atoms with Crippen LogP contribution in [0.5, 0.6) is 5.75 Å². The van der Waals surface area contributed by atoms with Gasteiger partial charge in [0.15, 0.2) is 0 Å². The number of halogens is 2. The van der Waals surface area contributed by atoms with E-state index in [2.05, 4.69) is 15.0 Å². The molecule has 7 heteroatoms. The fourth-order valence-electron chi connectivity index (χ4n) is 2.45. The quantitative estimate of drug-likeness (QED) is 0.533. The van der Waals surface area contributed by atoms with Gasteiger partial charge >= 0.3 is 0 Å². The minimum absolute atomic E-state index is 0.187. The number of hydrogen-bond donors (Lipinski definition) is 0. The number of ether oxygens (including phenoxy) is 1. The van der Waals surface area contributed by atoms with Gasteiger partial charge in [-0.05, 0) is 23.8 Å². The molecule has 0 spiro atoms. The van der Waals surface area contributed by atoms with E-state index in [0.29, 0.717) is 22.8 Å². The maximum atomic E-state index is 13.3. The molecule has 0 saturated carbocycles. The van der Waals surface area contributed by atoms with E-state index in [1.54, 1.807) is 41.2 Å². The highest BCUT2D eigenvalue weighted by Crippen LogP contribution is 2.19. The van der Waals surface area contributed by atoms with Gasteiger partial charge in [0, 0.05) is 42.5 Å². The highest BCUT2D eigenvalue weighted by atomic mass is 19.1. The first-order valence-corrected chi connectivity index (χ1v) is 7.51. The van der Waals surface area contributed by atoms with E-state index in [4.69, 9.17) is 4.74 Å². The number of imidazole rings is 1. The predicted octanol–water partition coefficient (Wildman–Crippen LogP) is 3.65. The summed E-state index contributed by atoms with van der Waals surface area (Å²) in [4.78, 5) is 12.2. The summed E-state index contributed by atoms with van der Waals surface area (Å²) in [7, 11) is 0. The lowest BCUT2D eigenvalue weighted by Gasteiger charge is -2.03. The van der Waals surface area contributed by atoms with E-state index in [-0.39, 0.29) is 12.4 Å². The van der Waals surface area contributed by atoms with Crippen molar-refractivity contribution in [3.05, 3.63) is 78.6 Å². The second-order valence-electron chi connectivity index (χ2n) is 5.40. The lowest BCUT2D eigenvalue weighted by atomic mass is 10.1. The molecule has 0 aliphatic carbocycles. The van der Waals surface area contributed by atoms with Crippen molar-refractivity contribution in [3.8, 4) is 16.9 Å². The number of hydrogen-bond acceptors (Lipinski definition) is 4. The molecule has 0 saturated heterocycles. The van der Waals surface area contributed by atoms with Crippen LogP contribution >= 0.6 is 0 Å². The summed E-state index contributed by atoms with van der Waals surface area (Å²) in [6, 6.07) is 8.96. The number of aromatic nitrogens is 4. The second-order valence-corrected chi connectivity index (χ2v) is 5.40. The number of fused-ring (bicyclic) bond motifs is 1. The number of benzene rings is 1. The van der Waals surface area contributed by atoms with Crippen LogP contribution in [0, 0.1) is 11.8 Å². The van der Waals surface area contributed by atoms with Crippen LogP contribution in [-0.2, 0) is 6.61 Å². The Labute approximate surface area is 141 Å². The van der Waals surface area contributed by atoms with Gasteiger partial charge in [0.05, 0.1) is 5.69 Å². The van der Waals surface area contributed by atoms with Crippen molar-refractivity contribution in [3.63, 3.8) is 0 Å². The molecule has 124 valence electrons. The second kappa shape index (κ2) is 6.27. The maximum Gasteiger partial charge on any atom is 0.234 e. The molecular formula is C18H12F2N4O. The largest absolute Gasteiger partial charge is 0.487 e. The van der Waals surface area contributed by atoms with E-state index in [0.717, 1.165) is 5.56 Å². The van der Waals surface area contributed by atoms with Crippen LogP contribution in [0.2, 0.25) is 0 Å². The smallest absolute Gasteiger partial charge is 0.234 e. The zero-order valence-corrected chi connectivity index (χ0v) is 12.9. The van der Waals surface area contributed by atoms with Crippen LogP contribution in [-0.4, -0.2) is 19.4 Å². The molecule has 0 fully saturated rings. The average molecular weight is 338 g/mol. The molecule has 25 heavy (non-hydrogen) atoms. The van der Waals surface area contributed by atoms with Gasteiger partial charge < -0.3 is 4.74 Å². The monoisotopic (exact) mass is 338 g/mol. The third kappa shape index (κ3) is 3.30. The van der Waals surface area contributed by atoms with Crippen LogP contribution in [0.4, 0.5) is 8.78 Å². The molecule has 0 radical (unpaired) electrons. The van der Waals surface area contributed by atoms with E-state index >= 15 is 0 Å². The first kappa shape index (κ1) is 15.2. The minimum Gasteiger partial charge on any atom is -0.487 e. The first-order valence-electron chi connectivity index (χ1n) is 7.51. The predicted molar refractivity (Wildman–Crippen MR) is 86.9 cm³/mol. The highest BCUT2D eigenvalue weighted by molar-refractivity contribution is 5.61. The standard InChI is InChI=1S/C18H12F2N4O/c19-14-2-1-3-16(7-14)25-11-15-10-24-9-13(8-22-18(24)23-15)12-4-5-21-17(20)6-12/h1-10H,11H2. The SMILES string of the molecule is Fc1cccc(OCc2cn3cc(-c4ccnc(F)c4)cnc3n2)c1.